The van der Waals surface area contributed by atoms with Crippen LogP contribution in [-0.4, -0.2) is 29.3 Å². The fourth-order valence-corrected chi connectivity index (χ4v) is 4.04. The first kappa shape index (κ1) is 16.3. The lowest BCUT2D eigenvalue weighted by molar-refractivity contribution is 0.0469. The van der Waals surface area contributed by atoms with Gasteiger partial charge in [0.1, 0.15) is 0 Å². The molecule has 1 N–H and O–H groups in total. The van der Waals surface area contributed by atoms with Gasteiger partial charge in [-0.2, -0.15) is 0 Å². The monoisotopic (exact) mass is 283 g/mol. The van der Waals surface area contributed by atoms with E-state index in [0.717, 1.165) is 19.0 Å². The lowest BCUT2D eigenvalue weighted by Gasteiger charge is -2.29. The van der Waals surface area contributed by atoms with Crippen molar-refractivity contribution in [2.45, 2.75) is 39.1 Å². The summed E-state index contributed by atoms with van der Waals surface area (Å²) < 4.78 is 17.0. The zero-order valence-corrected chi connectivity index (χ0v) is 13.3. The van der Waals surface area contributed by atoms with Crippen molar-refractivity contribution in [2.24, 2.45) is 0 Å². The van der Waals surface area contributed by atoms with E-state index < -0.39 is 8.80 Å². The molecule has 108 valence electrons. The SMILES string of the molecule is CCC[Si](OC)(OC)OC(C)NCc1ccccc1. The minimum Gasteiger partial charge on any atom is -0.377 e. The molecule has 0 bridgehead atoms. The van der Waals surface area contributed by atoms with Crippen LogP contribution >= 0.6 is 0 Å². The van der Waals surface area contributed by atoms with Crippen molar-refractivity contribution >= 4 is 8.80 Å². The van der Waals surface area contributed by atoms with Crippen LogP contribution in [0.25, 0.3) is 0 Å². The van der Waals surface area contributed by atoms with Crippen LogP contribution in [0.3, 0.4) is 0 Å². The van der Waals surface area contributed by atoms with Crippen LogP contribution in [0, 0.1) is 0 Å². The van der Waals surface area contributed by atoms with Crippen LogP contribution in [0.15, 0.2) is 30.3 Å². The van der Waals surface area contributed by atoms with E-state index in [0.29, 0.717) is 0 Å². The smallest absolute Gasteiger partial charge is 0.377 e. The van der Waals surface area contributed by atoms with Gasteiger partial charge in [0, 0.05) is 26.8 Å². The summed E-state index contributed by atoms with van der Waals surface area (Å²) in [6.45, 7) is 4.86. The molecule has 19 heavy (non-hydrogen) atoms. The Morgan fingerprint density at radius 2 is 1.79 bits per heavy atom. The highest BCUT2D eigenvalue weighted by atomic mass is 28.4. The lowest BCUT2D eigenvalue weighted by atomic mass is 10.2. The molecule has 0 fully saturated rings. The molecular weight excluding hydrogens is 258 g/mol. The van der Waals surface area contributed by atoms with Gasteiger partial charge in [0.2, 0.25) is 0 Å². The average Bonchev–Trinajstić information content (AvgIpc) is 2.45. The van der Waals surface area contributed by atoms with E-state index >= 15 is 0 Å². The zero-order chi connectivity index (χ0) is 14.1. The first-order valence-corrected chi connectivity index (χ1v) is 8.64. The third kappa shape index (κ3) is 5.42. The van der Waals surface area contributed by atoms with Crippen LogP contribution in [-0.2, 0) is 19.8 Å². The normalized spacial score (nSPS) is 13.5. The van der Waals surface area contributed by atoms with Gasteiger partial charge < -0.3 is 13.3 Å². The van der Waals surface area contributed by atoms with Crippen molar-refractivity contribution < 1.29 is 13.3 Å². The third-order valence-electron chi connectivity index (χ3n) is 2.97. The fraction of sp³-hybridized carbons (Fsp3) is 0.571. The molecule has 0 heterocycles. The van der Waals surface area contributed by atoms with E-state index in [1.807, 2.05) is 25.1 Å². The molecule has 0 radical (unpaired) electrons. The predicted molar refractivity (Wildman–Crippen MR) is 78.7 cm³/mol. The Hall–Kier alpha value is -0.723. The maximum Gasteiger partial charge on any atom is 0.501 e. The Kier molecular flexibility index (Phi) is 7.26. The Morgan fingerprint density at radius 1 is 1.16 bits per heavy atom. The lowest BCUT2D eigenvalue weighted by Crippen LogP contribution is -2.49. The summed E-state index contributed by atoms with van der Waals surface area (Å²) in [6.07, 6.45) is 0.887. The second kappa shape index (κ2) is 8.45. The molecule has 0 aliphatic heterocycles. The van der Waals surface area contributed by atoms with Gasteiger partial charge in [0.15, 0.2) is 0 Å². The molecule has 1 aromatic rings. The van der Waals surface area contributed by atoms with Crippen LogP contribution in [0.2, 0.25) is 6.04 Å². The van der Waals surface area contributed by atoms with E-state index in [1.165, 1.54) is 5.56 Å². The zero-order valence-electron chi connectivity index (χ0n) is 12.3. The van der Waals surface area contributed by atoms with Crippen molar-refractivity contribution in [2.75, 3.05) is 14.2 Å². The maximum atomic E-state index is 5.98. The molecule has 5 heteroatoms. The molecule has 0 aromatic heterocycles. The van der Waals surface area contributed by atoms with E-state index in [1.54, 1.807) is 14.2 Å². The Balaban J connectivity index is 2.46. The largest absolute Gasteiger partial charge is 0.501 e. The first-order chi connectivity index (χ1) is 9.15. The molecule has 0 aliphatic carbocycles. The van der Waals surface area contributed by atoms with Crippen LogP contribution in [0.4, 0.5) is 0 Å². The number of hydrogen-bond donors (Lipinski definition) is 1. The van der Waals surface area contributed by atoms with Crippen molar-refractivity contribution in [3.05, 3.63) is 35.9 Å². The van der Waals surface area contributed by atoms with Gasteiger partial charge in [-0.25, -0.2) is 0 Å². The van der Waals surface area contributed by atoms with Gasteiger partial charge in [-0.05, 0) is 12.5 Å². The summed E-state index contributed by atoms with van der Waals surface area (Å²) in [5, 5.41) is 3.33. The quantitative estimate of drug-likeness (QED) is 0.559. The number of benzene rings is 1. The molecule has 0 amide bonds. The van der Waals surface area contributed by atoms with Gasteiger partial charge in [0.25, 0.3) is 0 Å². The van der Waals surface area contributed by atoms with Crippen molar-refractivity contribution in [1.29, 1.82) is 0 Å². The Morgan fingerprint density at radius 3 is 2.32 bits per heavy atom. The van der Waals surface area contributed by atoms with Crippen molar-refractivity contribution in [3.8, 4) is 0 Å². The molecular formula is C14H25NO3Si. The van der Waals surface area contributed by atoms with Crippen molar-refractivity contribution in [3.63, 3.8) is 0 Å². The van der Waals surface area contributed by atoms with E-state index in [4.69, 9.17) is 13.3 Å². The average molecular weight is 283 g/mol. The summed E-state index contributed by atoms with van der Waals surface area (Å²) >= 11 is 0. The molecule has 0 saturated heterocycles. The minimum atomic E-state index is -2.51. The summed E-state index contributed by atoms with van der Waals surface area (Å²) in [7, 11) is 0.817. The van der Waals surface area contributed by atoms with Gasteiger partial charge >= 0.3 is 8.80 Å². The van der Waals surface area contributed by atoms with Gasteiger partial charge in [-0.15, -0.1) is 0 Å². The van der Waals surface area contributed by atoms with Gasteiger partial charge in [-0.3, -0.25) is 5.32 Å². The second-order valence-electron chi connectivity index (χ2n) is 4.47. The highest BCUT2D eigenvalue weighted by molar-refractivity contribution is 6.60. The van der Waals surface area contributed by atoms with Crippen LogP contribution < -0.4 is 5.32 Å². The highest BCUT2D eigenvalue weighted by Crippen LogP contribution is 2.17. The molecule has 1 aromatic carbocycles. The molecule has 4 nitrogen and oxygen atoms in total. The number of hydrogen-bond acceptors (Lipinski definition) is 4. The fourth-order valence-electron chi connectivity index (χ4n) is 1.92. The molecule has 0 saturated carbocycles. The number of nitrogens with one attached hydrogen (secondary N) is 1. The second-order valence-corrected chi connectivity index (χ2v) is 7.39. The predicted octanol–water partition coefficient (Wildman–Crippen LogP) is 2.78. The molecule has 1 rings (SSSR count). The van der Waals surface area contributed by atoms with Gasteiger partial charge in [0.05, 0.1) is 6.23 Å². The van der Waals surface area contributed by atoms with Crippen LogP contribution in [0.1, 0.15) is 25.8 Å². The molecule has 1 unspecified atom stereocenters. The Labute approximate surface area is 117 Å². The topological polar surface area (TPSA) is 39.7 Å². The molecule has 0 spiro atoms. The Bertz CT molecular complexity index is 344. The van der Waals surface area contributed by atoms with E-state index in [2.05, 4.69) is 24.4 Å². The maximum absolute atomic E-state index is 5.98. The summed E-state index contributed by atoms with van der Waals surface area (Å²) in [5.41, 5.74) is 1.23. The van der Waals surface area contributed by atoms with Crippen LogP contribution in [0.5, 0.6) is 0 Å². The summed E-state index contributed by atoms with van der Waals surface area (Å²) in [6, 6.07) is 11.1. The van der Waals surface area contributed by atoms with E-state index in [9.17, 15) is 0 Å². The third-order valence-corrected chi connectivity index (χ3v) is 6.04. The standard InChI is InChI=1S/C14H25NO3Si/c1-5-11-19(16-3,17-4)18-13(2)15-12-14-9-7-6-8-10-14/h6-10,13,15H,5,11-12H2,1-4H3. The minimum absolute atomic E-state index is 0.0988. The van der Waals surface area contributed by atoms with Gasteiger partial charge in [-0.1, -0.05) is 43.7 Å². The first-order valence-electron chi connectivity index (χ1n) is 6.71. The summed E-state index contributed by atoms with van der Waals surface area (Å²) in [5.74, 6) is 0. The summed E-state index contributed by atoms with van der Waals surface area (Å²) in [4.78, 5) is 0. The number of rotatable bonds is 9. The molecule has 1 atom stereocenters. The highest BCUT2D eigenvalue weighted by Gasteiger charge is 2.39. The molecule has 0 aliphatic rings. The van der Waals surface area contributed by atoms with E-state index in [-0.39, 0.29) is 6.23 Å². The van der Waals surface area contributed by atoms with Crippen molar-refractivity contribution in [1.82, 2.24) is 5.32 Å².